The standard InChI is InChI=1S/C13H12N2O5/c16-12(17)9-6-18-13(15-9)14-4-3-8-1-2-10-11(5-8)20-7-19-10/h1-2,5-6H,3-4,7H2,(H,14,15)(H,16,17). The van der Waals surface area contributed by atoms with Gasteiger partial charge in [0.1, 0.15) is 6.26 Å². The number of benzene rings is 1. The van der Waals surface area contributed by atoms with Gasteiger partial charge in [0, 0.05) is 6.54 Å². The molecule has 7 heteroatoms. The maximum Gasteiger partial charge on any atom is 0.357 e. The number of fused-ring (bicyclic) bond motifs is 1. The fraction of sp³-hybridized carbons (Fsp3) is 0.231. The topological polar surface area (TPSA) is 93.8 Å². The van der Waals surface area contributed by atoms with E-state index in [4.69, 9.17) is 19.0 Å². The lowest BCUT2D eigenvalue weighted by Gasteiger charge is -2.03. The van der Waals surface area contributed by atoms with Crippen LogP contribution in [0.3, 0.4) is 0 Å². The van der Waals surface area contributed by atoms with Crippen LogP contribution in [0.15, 0.2) is 28.9 Å². The summed E-state index contributed by atoms with van der Waals surface area (Å²) in [5, 5.41) is 11.6. The number of hydrogen-bond acceptors (Lipinski definition) is 6. The zero-order chi connectivity index (χ0) is 13.9. The van der Waals surface area contributed by atoms with Gasteiger partial charge in [0.2, 0.25) is 6.79 Å². The Hall–Kier alpha value is -2.70. The number of rotatable bonds is 5. The predicted molar refractivity (Wildman–Crippen MR) is 68.2 cm³/mol. The molecule has 0 bridgehead atoms. The average molecular weight is 276 g/mol. The van der Waals surface area contributed by atoms with E-state index in [1.165, 1.54) is 0 Å². The molecule has 1 aromatic heterocycles. The number of aromatic carboxylic acids is 1. The van der Waals surface area contributed by atoms with Crippen molar-refractivity contribution in [2.45, 2.75) is 6.42 Å². The molecule has 2 N–H and O–H groups in total. The summed E-state index contributed by atoms with van der Waals surface area (Å²) < 4.78 is 15.5. The molecule has 20 heavy (non-hydrogen) atoms. The zero-order valence-corrected chi connectivity index (χ0v) is 10.5. The second-order valence-electron chi connectivity index (χ2n) is 4.21. The van der Waals surface area contributed by atoms with Gasteiger partial charge in [-0.2, -0.15) is 4.98 Å². The van der Waals surface area contributed by atoms with E-state index in [1.807, 2.05) is 18.2 Å². The first kappa shape index (κ1) is 12.3. The molecular formula is C13H12N2O5. The molecule has 1 aliphatic heterocycles. The molecular weight excluding hydrogens is 264 g/mol. The molecule has 0 unspecified atom stereocenters. The Morgan fingerprint density at radius 2 is 2.20 bits per heavy atom. The van der Waals surface area contributed by atoms with Crippen molar-refractivity contribution in [1.29, 1.82) is 0 Å². The van der Waals surface area contributed by atoms with Crippen molar-refractivity contribution >= 4 is 12.0 Å². The maximum absolute atomic E-state index is 10.6. The van der Waals surface area contributed by atoms with Gasteiger partial charge in [0.25, 0.3) is 6.01 Å². The molecule has 0 amide bonds. The summed E-state index contributed by atoms with van der Waals surface area (Å²) in [6, 6.07) is 5.93. The van der Waals surface area contributed by atoms with Gasteiger partial charge in [-0.1, -0.05) is 6.07 Å². The third kappa shape index (κ3) is 2.51. The highest BCUT2D eigenvalue weighted by molar-refractivity contribution is 5.85. The smallest absolute Gasteiger partial charge is 0.357 e. The first-order valence-electron chi connectivity index (χ1n) is 6.03. The van der Waals surface area contributed by atoms with Crippen LogP contribution in [-0.2, 0) is 6.42 Å². The quantitative estimate of drug-likeness (QED) is 0.859. The number of oxazole rings is 1. The number of nitrogens with zero attached hydrogens (tertiary/aromatic N) is 1. The Balaban J connectivity index is 1.55. The van der Waals surface area contributed by atoms with Crippen LogP contribution in [-0.4, -0.2) is 29.4 Å². The second-order valence-corrected chi connectivity index (χ2v) is 4.21. The lowest BCUT2D eigenvalue weighted by Crippen LogP contribution is -2.05. The summed E-state index contributed by atoms with van der Waals surface area (Å²) in [5.41, 5.74) is 0.961. The Morgan fingerprint density at radius 3 is 3.00 bits per heavy atom. The van der Waals surface area contributed by atoms with Crippen LogP contribution in [0.2, 0.25) is 0 Å². The molecule has 0 aliphatic carbocycles. The first-order valence-corrected chi connectivity index (χ1v) is 6.03. The molecule has 0 radical (unpaired) electrons. The van der Waals surface area contributed by atoms with E-state index in [-0.39, 0.29) is 18.5 Å². The molecule has 2 heterocycles. The highest BCUT2D eigenvalue weighted by Gasteiger charge is 2.13. The number of carboxylic acids is 1. The van der Waals surface area contributed by atoms with E-state index in [1.54, 1.807) is 0 Å². The number of carbonyl (C=O) groups is 1. The van der Waals surface area contributed by atoms with Crippen LogP contribution < -0.4 is 14.8 Å². The van der Waals surface area contributed by atoms with Crippen molar-refractivity contribution in [2.24, 2.45) is 0 Å². The van der Waals surface area contributed by atoms with E-state index >= 15 is 0 Å². The Morgan fingerprint density at radius 1 is 1.35 bits per heavy atom. The molecule has 3 rings (SSSR count). The number of ether oxygens (including phenoxy) is 2. The van der Waals surface area contributed by atoms with E-state index in [2.05, 4.69) is 10.3 Å². The molecule has 7 nitrogen and oxygen atoms in total. The number of aromatic nitrogens is 1. The minimum atomic E-state index is -1.11. The van der Waals surface area contributed by atoms with Crippen molar-refractivity contribution in [3.05, 3.63) is 35.7 Å². The van der Waals surface area contributed by atoms with Crippen LogP contribution in [0.5, 0.6) is 11.5 Å². The minimum absolute atomic E-state index is 0.115. The van der Waals surface area contributed by atoms with Crippen LogP contribution in [0, 0.1) is 0 Å². The number of hydrogen-bond donors (Lipinski definition) is 2. The molecule has 0 saturated heterocycles. The first-order chi connectivity index (χ1) is 9.72. The largest absolute Gasteiger partial charge is 0.476 e. The van der Waals surface area contributed by atoms with Gasteiger partial charge in [0.15, 0.2) is 17.2 Å². The van der Waals surface area contributed by atoms with E-state index in [0.29, 0.717) is 6.54 Å². The SMILES string of the molecule is O=C(O)c1coc(NCCc2ccc3c(c2)OCO3)n1. The minimum Gasteiger partial charge on any atom is -0.476 e. The third-order valence-electron chi connectivity index (χ3n) is 2.85. The Labute approximate surface area is 114 Å². The normalized spacial score (nSPS) is 12.4. The molecule has 0 spiro atoms. The van der Waals surface area contributed by atoms with E-state index in [0.717, 1.165) is 29.7 Å². The Kier molecular flexibility index (Phi) is 3.16. The predicted octanol–water partition coefficient (Wildman–Crippen LogP) is 1.76. The fourth-order valence-corrected chi connectivity index (χ4v) is 1.86. The lowest BCUT2D eigenvalue weighted by atomic mass is 10.1. The van der Waals surface area contributed by atoms with Crippen molar-refractivity contribution in [2.75, 3.05) is 18.7 Å². The molecule has 0 fully saturated rings. The van der Waals surface area contributed by atoms with Gasteiger partial charge >= 0.3 is 5.97 Å². The van der Waals surface area contributed by atoms with Gasteiger partial charge in [-0.15, -0.1) is 0 Å². The van der Waals surface area contributed by atoms with Crippen molar-refractivity contribution in [3.63, 3.8) is 0 Å². The number of anilines is 1. The van der Waals surface area contributed by atoms with Crippen LogP contribution in [0.25, 0.3) is 0 Å². The molecule has 1 aromatic carbocycles. The molecule has 2 aromatic rings. The van der Waals surface area contributed by atoms with E-state index < -0.39 is 5.97 Å². The summed E-state index contributed by atoms with van der Waals surface area (Å²) in [6.45, 7) is 0.824. The Bertz CT molecular complexity index is 637. The van der Waals surface area contributed by atoms with Crippen molar-refractivity contribution in [3.8, 4) is 11.5 Å². The van der Waals surface area contributed by atoms with Crippen LogP contribution in [0.4, 0.5) is 6.01 Å². The second kappa shape index (κ2) is 5.12. The van der Waals surface area contributed by atoms with Gasteiger partial charge in [-0.05, 0) is 24.1 Å². The van der Waals surface area contributed by atoms with Crippen molar-refractivity contribution < 1.29 is 23.8 Å². The van der Waals surface area contributed by atoms with Crippen LogP contribution in [0.1, 0.15) is 16.1 Å². The zero-order valence-electron chi connectivity index (χ0n) is 10.5. The van der Waals surface area contributed by atoms with Gasteiger partial charge < -0.3 is 24.3 Å². The average Bonchev–Trinajstić information content (AvgIpc) is 3.06. The molecule has 0 saturated carbocycles. The van der Waals surface area contributed by atoms with Crippen LogP contribution >= 0.6 is 0 Å². The maximum atomic E-state index is 10.6. The molecule has 1 aliphatic rings. The summed E-state index contributed by atoms with van der Waals surface area (Å²) in [6.07, 6.45) is 1.83. The van der Waals surface area contributed by atoms with Gasteiger partial charge in [0.05, 0.1) is 0 Å². The van der Waals surface area contributed by atoms with Gasteiger partial charge in [-0.25, -0.2) is 4.79 Å². The highest BCUT2D eigenvalue weighted by Crippen LogP contribution is 2.32. The fourth-order valence-electron chi connectivity index (χ4n) is 1.86. The van der Waals surface area contributed by atoms with Crippen molar-refractivity contribution in [1.82, 2.24) is 4.98 Å². The monoisotopic (exact) mass is 276 g/mol. The third-order valence-corrected chi connectivity index (χ3v) is 2.85. The number of carboxylic acid groups (broad SMARTS) is 1. The summed E-state index contributed by atoms with van der Waals surface area (Å²) in [5.74, 6) is 0.380. The summed E-state index contributed by atoms with van der Waals surface area (Å²) in [7, 11) is 0. The molecule has 0 atom stereocenters. The van der Waals surface area contributed by atoms with E-state index in [9.17, 15) is 4.79 Å². The number of nitrogens with one attached hydrogen (secondary N) is 1. The molecule has 104 valence electrons. The highest BCUT2D eigenvalue weighted by atomic mass is 16.7. The van der Waals surface area contributed by atoms with Gasteiger partial charge in [-0.3, -0.25) is 0 Å². The summed E-state index contributed by atoms with van der Waals surface area (Å²) >= 11 is 0. The summed E-state index contributed by atoms with van der Waals surface area (Å²) in [4.78, 5) is 14.4. The lowest BCUT2D eigenvalue weighted by molar-refractivity contribution is 0.0690.